The Morgan fingerprint density at radius 3 is 2.68 bits per heavy atom. The van der Waals surface area contributed by atoms with Crippen molar-refractivity contribution in [2.75, 3.05) is 5.73 Å². The number of rotatable bonds is 4. The molecule has 0 unspecified atom stereocenters. The molecule has 0 fully saturated rings. The Hall–Kier alpha value is -1.13. The molecular formula is C14H15BrClN3. The lowest BCUT2D eigenvalue weighted by atomic mass is 10.1. The zero-order chi connectivity index (χ0) is 13.8. The summed E-state index contributed by atoms with van der Waals surface area (Å²) in [5, 5.41) is 0.727. The molecule has 0 saturated carbocycles. The number of nitrogens with zero attached hydrogens (tertiary/aromatic N) is 2. The normalized spacial score (nSPS) is 10.7. The van der Waals surface area contributed by atoms with Gasteiger partial charge >= 0.3 is 0 Å². The van der Waals surface area contributed by atoms with Gasteiger partial charge in [-0.2, -0.15) is 0 Å². The molecule has 5 heteroatoms. The molecule has 0 aliphatic rings. The highest BCUT2D eigenvalue weighted by molar-refractivity contribution is 9.10. The van der Waals surface area contributed by atoms with E-state index < -0.39 is 0 Å². The molecule has 3 nitrogen and oxygen atoms in total. The van der Waals surface area contributed by atoms with Crippen molar-refractivity contribution in [3.63, 3.8) is 0 Å². The van der Waals surface area contributed by atoms with E-state index >= 15 is 0 Å². The summed E-state index contributed by atoms with van der Waals surface area (Å²) in [5.41, 5.74) is 7.88. The first kappa shape index (κ1) is 14.3. The molecule has 1 aromatic heterocycles. The van der Waals surface area contributed by atoms with Crippen LogP contribution in [0.4, 0.5) is 5.82 Å². The van der Waals surface area contributed by atoms with Gasteiger partial charge in [-0.05, 0) is 34.0 Å². The van der Waals surface area contributed by atoms with Crippen LogP contribution in [0.15, 0.2) is 28.7 Å². The van der Waals surface area contributed by atoms with Crippen LogP contribution in [0.1, 0.15) is 30.4 Å². The molecule has 1 aromatic carbocycles. The molecule has 100 valence electrons. The molecule has 2 N–H and O–H groups in total. The lowest BCUT2D eigenvalue weighted by molar-refractivity contribution is 0.837. The molecule has 0 spiro atoms. The van der Waals surface area contributed by atoms with Crippen LogP contribution in [-0.4, -0.2) is 9.97 Å². The average Bonchev–Trinajstić information content (AvgIpc) is 2.38. The maximum atomic E-state index is 6.15. The molecule has 2 rings (SSSR count). The number of hydrogen-bond acceptors (Lipinski definition) is 3. The van der Waals surface area contributed by atoms with Crippen molar-refractivity contribution in [2.45, 2.75) is 26.2 Å². The number of nitrogens with two attached hydrogens (primary N) is 1. The van der Waals surface area contributed by atoms with Gasteiger partial charge in [0, 0.05) is 11.4 Å². The molecule has 19 heavy (non-hydrogen) atoms. The van der Waals surface area contributed by atoms with E-state index in [0.29, 0.717) is 18.1 Å². The highest BCUT2D eigenvalue weighted by Gasteiger charge is 2.11. The fourth-order valence-corrected chi connectivity index (χ4v) is 2.44. The van der Waals surface area contributed by atoms with Crippen LogP contribution in [0.5, 0.6) is 0 Å². The Labute approximate surface area is 126 Å². The van der Waals surface area contributed by atoms with Gasteiger partial charge in [-0.3, -0.25) is 0 Å². The largest absolute Gasteiger partial charge is 0.383 e. The van der Waals surface area contributed by atoms with Gasteiger partial charge in [-0.1, -0.05) is 43.1 Å². The fourth-order valence-electron chi connectivity index (χ4n) is 1.86. The van der Waals surface area contributed by atoms with Crippen molar-refractivity contribution >= 4 is 33.3 Å². The van der Waals surface area contributed by atoms with Crippen LogP contribution in [-0.2, 0) is 12.8 Å². The Balaban J connectivity index is 2.33. The van der Waals surface area contributed by atoms with E-state index in [4.69, 9.17) is 17.3 Å². The number of benzene rings is 1. The Morgan fingerprint density at radius 1 is 1.26 bits per heavy atom. The summed E-state index contributed by atoms with van der Waals surface area (Å²) in [6.45, 7) is 2.11. The molecule has 0 aliphatic heterocycles. The maximum Gasteiger partial charge on any atom is 0.141 e. The van der Waals surface area contributed by atoms with E-state index in [2.05, 4.69) is 32.8 Å². The minimum atomic E-state index is 0.487. The second kappa shape index (κ2) is 6.35. The fraction of sp³-hybridized carbons (Fsp3) is 0.286. The number of aromatic nitrogens is 2. The summed E-state index contributed by atoms with van der Waals surface area (Å²) in [6, 6.07) is 7.71. The first-order valence-corrected chi connectivity index (χ1v) is 7.33. The third kappa shape index (κ3) is 3.45. The van der Waals surface area contributed by atoms with Gasteiger partial charge in [-0.15, -0.1) is 0 Å². The van der Waals surface area contributed by atoms with Gasteiger partial charge in [0.15, 0.2) is 0 Å². The van der Waals surface area contributed by atoms with Crippen molar-refractivity contribution in [2.24, 2.45) is 0 Å². The molecule has 0 radical (unpaired) electrons. The average molecular weight is 341 g/mol. The van der Waals surface area contributed by atoms with Crippen molar-refractivity contribution in [1.29, 1.82) is 0 Å². The summed E-state index contributed by atoms with van der Waals surface area (Å²) < 4.78 is 0.803. The lowest BCUT2D eigenvalue weighted by Gasteiger charge is -2.09. The predicted octanol–water partition coefficient (Wildman–Crippen LogP) is 4.02. The predicted molar refractivity (Wildman–Crippen MR) is 82.4 cm³/mol. The van der Waals surface area contributed by atoms with Crippen LogP contribution in [0.2, 0.25) is 5.02 Å². The second-order valence-electron chi connectivity index (χ2n) is 4.30. The van der Waals surface area contributed by atoms with Gasteiger partial charge in [0.25, 0.3) is 0 Å². The molecule has 0 saturated heterocycles. The number of hydrogen-bond donors (Lipinski definition) is 1. The zero-order valence-corrected chi connectivity index (χ0v) is 13.0. The van der Waals surface area contributed by atoms with Gasteiger partial charge < -0.3 is 5.73 Å². The Morgan fingerprint density at radius 2 is 2.00 bits per heavy atom. The van der Waals surface area contributed by atoms with Crippen molar-refractivity contribution in [1.82, 2.24) is 9.97 Å². The number of nitrogen functional groups attached to an aromatic ring is 1. The van der Waals surface area contributed by atoms with Crippen molar-refractivity contribution in [3.8, 4) is 0 Å². The molecule has 2 aromatic rings. The van der Waals surface area contributed by atoms with Crippen LogP contribution in [0.3, 0.4) is 0 Å². The lowest BCUT2D eigenvalue weighted by Crippen LogP contribution is -2.06. The smallest absolute Gasteiger partial charge is 0.141 e. The van der Waals surface area contributed by atoms with E-state index in [-0.39, 0.29) is 0 Å². The molecular weight excluding hydrogens is 326 g/mol. The number of anilines is 1. The SMILES string of the molecule is CCCc1nc(Cc2ccccc2Cl)nc(N)c1Br. The van der Waals surface area contributed by atoms with E-state index in [9.17, 15) is 0 Å². The minimum Gasteiger partial charge on any atom is -0.383 e. The van der Waals surface area contributed by atoms with E-state index in [1.165, 1.54) is 0 Å². The highest BCUT2D eigenvalue weighted by atomic mass is 79.9. The Bertz CT molecular complexity index is 587. The minimum absolute atomic E-state index is 0.487. The molecule has 0 atom stereocenters. The van der Waals surface area contributed by atoms with Crippen LogP contribution < -0.4 is 5.73 Å². The van der Waals surface area contributed by atoms with E-state index in [0.717, 1.165) is 33.6 Å². The maximum absolute atomic E-state index is 6.15. The summed E-state index contributed by atoms with van der Waals surface area (Å²) in [7, 11) is 0. The third-order valence-corrected chi connectivity index (χ3v) is 4.02. The third-order valence-electron chi connectivity index (χ3n) is 2.78. The first-order valence-electron chi connectivity index (χ1n) is 6.16. The summed E-state index contributed by atoms with van der Waals surface area (Å²) in [5.74, 6) is 1.19. The van der Waals surface area contributed by atoms with Crippen LogP contribution in [0.25, 0.3) is 0 Å². The van der Waals surface area contributed by atoms with Crippen molar-refractivity contribution < 1.29 is 0 Å². The van der Waals surface area contributed by atoms with Gasteiger partial charge in [0.2, 0.25) is 0 Å². The standard InChI is InChI=1S/C14H15BrClN3/c1-2-5-11-13(15)14(17)19-12(18-11)8-9-6-3-4-7-10(9)16/h3-4,6-7H,2,5,8H2,1H3,(H2,17,18,19). The summed E-state index contributed by atoms with van der Waals surface area (Å²) >= 11 is 9.59. The molecule has 0 aliphatic carbocycles. The Kier molecular flexibility index (Phi) is 4.77. The highest BCUT2D eigenvalue weighted by Crippen LogP contribution is 2.24. The summed E-state index contributed by atoms with van der Waals surface area (Å²) in [4.78, 5) is 8.88. The monoisotopic (exact) mass is 339 g/mol. The van der Waals surface area contributed by atoms with E-state index in [1.54, 1.807) is 0 Å². The second-order valence-corrected chi connectivity index (χ2v) is 5.50. The van der Waals surface area contributed by atoms with Gasteiger partial charge in [-0.25, -0.2) is 9.97 Å². The zero-order valence-electron chi connectivity index (χ0n) is 10.7. The van der Waals surface area contributed by atoms with Crippen LogP contribution >= 0.6 is 27.5 Å². The summed E-state index contributed by atoms with van der Waals surface area (Å²) in [6.07, 6.45) is 2.48. The van der Waals surface area contributed by atoms with Gasteiger partial charge in [0.1, 0.15) is 11.6 Å². The van der Waals surface area contributed by atoms with E-state index in [1.807, 2.05) is 24.3 Å². The van der Waals surface area contributed by atoms with Crippen molar-refractivity contribution in [3.05, 3.63) is 50.8 Å². The van der Waals surface area contributed by atoms with Gasteiger partial charge in [0.05, 0.1) is 10.2 Å². The topological polar surface area (TPSA) is 51.8 Å². The van der Waals surface area contributed by atoms with Crippen LogP contribution in [0, 0.1) is 0 Å². The first-order chi connectivity index (χ1) is 9.11. The quantitative estimate of drug-likeness (QED) is 0.914. The molecule has 0 amide bonds. The molecule has 1 heterocycles. The number of halogens is 2. The number of aryl methyl sites for hydroxylation is 1. The molecule has 0 bridgehead atoms.